The van der Waals surface area contributed by atoms with Gasteiger partial charge in [0.25, 0.3) is 0 Å². The Labute approximate surface area is 132 Å². The van der Waals surface area contributed by atoms with Gasteiger partial charge in [-0.3, -0.25) is 0 Å². The number of halogens is 1. The molecule has 0 atom stereocenters. The molecular formula is C16H17BrN2S. The number of fused-ring (bicyclic) bond motifs is 1. The first kappa shape index (κ1) is 14.0. The molecule has 0 saturated heterocycles. The van der Waals surface area contributed by atoms with E-state index in [0.717, 1.165) is 33.3 Å². The number of hydrogen-bond acceptors (Lipinski definition) is 2. The molecule has 2 aromatic rings. The summed E-state index contributed by atoms with van der Waals surface area (Å²) >= 11 is 9.02. The average Bonchev–Trinajstić information content (AvgIpc) is 2.64. The maximum atomic E-state index is 5.52. The summed E-state index contributed by atoms with van der Waals surface area (Å²) in [6, 6.07) is 6.25. The Bertz CT molecular complexity index is 706. The molecule has 1 aliphatic rings. The number of aromatic nitrogens is 2. The minimum absolute atomic E-state index is 0.776. The van der Waals surface area contributed by atoms with Crippen LogP contribution in [0.4, 0.5) is 0 Å². The Morgan fingerprint density at radius 2 is 2.00 bits per heavy atom. The topological polar surface area (TPSA) is 28.7 Å². The van der Waals surface area contributed by atoms with Crippen molar-refractivity contribution >= 4 is 28.1 Å². The number of aromatic amines is 1. The van der Waals surface area contributed by atoms with Crippen LogP contribution in [0.5, 0.6) is 0 Å². The monoisotopic (exact) mass is 348 g/mol. The van der Waals surface area contributed by atoms with Gasteiger partial charge in [-0.2, -0.15) is 0 Å². The van der Waals surface area contributed by atoms with Crippen molar-refractivity contribution in [3.8, 4) is 11.4 Å². The van der Waals surface area contributed by atoms with Crippen LogP contribution in [0, 0.1) is 11.6 Å². The zero-order valence-corrected chi connectivity index (χ0v) is 13.9. The highest BCUT2D eigenvalue weighted by molar-refractivity contribution is 9.10. The Morgan fingerprint density at radius 3 is 2.80 bits per heavy atom. The fourth-order valence-corrected chi connectivity index (χ4v) is 3.61. The van der Waals surface area contributed by atoms with Crippen molar-refractivity contribution < 1.29 is 0 Å². The van der Waals surface area contributed by atoms with E-state index in [1.54, 1.807) is 0 Å². The summed E-state index contributed by atoms with van der Waals surface area (Å²) in [6.45, 7) is 2.10. The fourth-order valence-electron chi connectivity index (χ4n) is 2.82. The molecule has 0 fully saturated rings. The van der Waals surface area contributed by atoms with Crippen molar-refractivity contribution in [2.45, 2.75) is 39.0 Å². The van der Waals surface area contributed by atoms with Crippen molar-refractivity contribution in [1.29, 1.82) is 0 Å². The third kappa shape index (κ3) is 2.72. The molecule has 2 nitrogen and oxygen atoms in total. The maximum absolute atomic E-state index is 5.52. The summed E-state index contributed by atoms with van der Waals surface area (Å²) in [6.07, 6.45) is 5.90. The molecule has 0 bridgehead atoms. The van der Waals surface area contributed by atoms with E-state index >= 15 is 0 Å². The van der Waals surface area contributed by atoms with Gasteiger partial charge >= 0.3 is 0 Å². The molecule has 0 radical (unpaired) electrons. The molecule has 0 spiro atoms. The summed E-state index contributed by atoms with van der Waals surface area (Å²) in [5.74, 6) is 0.903. The van der Waals surface area contributed by atoms with Gasteiger partial charge in [0.05, 0.1) is 0 Å². The van der Waals surface area contributed by atoms with Crippen molar-refractivity contribution in [3.63, 3.8) is 0 Å². The molecule has 104 valence electrons. The van der Waals surface area contributed by atoms with Gasteiger partial charge in [-0.1, -0.05) is 34.6 Å². The van der Waals surface area contributed by atoms with E-state index in [-0.39, 0.29) is 0 Å². The second-order valence-electron chi connectivity index (χ2n) is 5.37. The summed E-state index contributed by atoms with van der Waals surface area (Å²) in [5.41, 5.74) is 4.88. The van der Waals surface area contributed by atoms with Gasteiger partial charge in [0.2, 0.25) is 0 Å². The summed E-state index contributed by atoms with van der Waals surface area (Å²) < 4.78 is 1.87. The number of aryl methyl sites for hydroxylation is 2. The largest absolute Gasteiger partial charge is 0.343 e. The van der Waals surface area contributed by atoms with E-state index in [1.165, 1.54) is 36.1 Å². The van der Waals surface area contributed by atoms with Crippen LogP contribution in [0.25, 0.3) is 11.4 Å². The quantitative estimate of drug-likeness (QED) is 0.570. The molecule has 3 rings (SSSR count). The lowest BCUT2D eigenvalue weighted by atomic mass is 10.1. The van der Waals surface area contributed by atoms with E-state index in [0.29, 0.717) is 0 Å². The third-order valence-corrected chi connectivity index (χ3v) is 4.73. The molecule has 4 heteroatoms. The second kappa shape index (κ2) is 5.78. The third-order valence-electron chi connectivity index (χ3n) is 3.90. The van der Waals surface area contributed by atoms with E-state index in [9.17, 15) is 0 Å². The van der Waals surface area contributed by atoms with Crippen LogP contribution < -0.4 is 0 Å². The first-order valence-electron chi connectivity index (χ1n) is 7.04. The summed E-state index contributed by atoms with van der Waals surface area (Å²) in [4.78, 5) is 8.16. The number of rotatable bonds is 1. The zero-order valence-electron chi connectivity index (χ0n) is 11.5. The normalized spacial score (nSPS) is 14.7. The van der Waals surface area contributed by atoms with Crippen molar-refractivity contribution in [2.24, 2.45) is 0 Å². The lowest BCUT2D eigenvalue weighted by molar-refractivity contribution is 0.708. The highest BCUT2D eigenvalue weighted by atomic mass is 79.9. The highest BCUT2D eigenvalue weighted by Crippen LogP contribution is 2.26. The molecule has 0 unspecified atom stereocenters. The van der Waals surface area contributed by atoms with Crippen LogP contribution in [0.2, 0.25) is 0 Å². The molecule has 0 saturated carbocycles. The number of H-pyrrole nitrogens is 1. The first-order chi connectivity index (χ1) is 9.65. The van der Waals surface area contributed by atoms with E-state index < -0.39 is 0 Å². The number of nitrogens with one attached hydrogen (secondary N) is 1. The predicted molar refractivity (Wildman–Crippen MR) is 88.6 cm³/mol. The molecule has 1 aromatic heterocycles. The van der Waals surface area contributed by atoms with Crippen LogP contribution >= 0.6 is 28.1 Å². The Balaban J connectivity index is 2.13. The van der Waals surface area contributed by atoms with E-state index in [2.05, 4.69) is 45.0 Å². The molecule has 1 aliphatic carbocycles. The number of benzene rings is 1. The van der Waals surface area contributed by atoms with Crippen LogP contribution in [0.15, 0.2) is 22.7 Å². The van der Waals surface area contributed by atoms with E-state index in [4.69, 9.17) is 12.2 Å². The molecule has 20 heavy (non-hydrogen) atoms. The fraction of sp³-hybridized carbons (Fsp3) is 0.375. The van der Waals surface area contributed by atoms with Gasteiger partial charge in [0.15, 0.2) is 0 Å². The number of nitrogens with zero attached hydrogens (tertiary/aromatic N) is 1. The lowest BCUT2D eigenvalue weighted by Crippen LogP contribution is -2.02. The molecule has 0 aliphatic heterocycles. The van der Waals surface area contributed by atoms with Gasteiger partial charge in [0, 0.05) is 21.3 Å². The zero-order chi connectivity index (χ0) is 14.1. The van der Waals surface area contributed by atoms with Crippen molar-refractivity contribution in [1.82, 2.24) is 9.97 Å². The van der Waals surface area contributed by atoms with Crippen molar-refractivity contribution in [3.05, 3.63) is 44.1 Å². The second-order valence-corrected chi connectivity index (χ2v) is 6.67. The highest BCUT2D eigenvalue weighted by Gasteiger charge is 2.13. The summed E-state index contributed by atoms with van der Waals surface area (Å²) in [5, 5.41) is 0. The SMILES string of the molecule is Cc1cc(Br)ccc1-c1nc(=S)c2c([nH]1)CCCCC2. The van der Waals surface area contributed by atoms with Crippen LogP contribution in [0.1, 0.15) is 36.1 Å². The van der Waals surface area contributed by atoms with Crippen LogP contribution in [-0.2, 0) is 12.8 Å². The predicted octanol–water partition coefficient (Wildman–Crippen LogP) is 5.15. The van der Waals surface area contributed by atoms with Gasteiger partial charge in [0.1, 0.15) is 10.5 Å². The van der Waals surface area contributed by atoms with Gasteiger partial charge in [-0.25, -0.2) is 4.98 Å². The average molecular weight is 349 g/mol. The van der Waals surface area contributed by atoms with Crippen molar-refractivity contribution in [2.75, 3.05) is 0 Å². The Kier molecular flexibility index (Phi) is 4.03. The van der Waals surface area contributed by atoms with Gasteiger partial charge < -0.3 is 4.98 Å². The lowest BCUT2D eigenvalue weighted by Gasteiger charge is -2.11. The van der Waals surface area contributed by atoms with Crippen LogP contribution in [-0.4, -0.2) is 9.97 Å². The molecular weight excluding hydrogens is 332 g/mol. The molecule has 0 amide bonds. The standard InChI is InChI=1S/C16H17BrN2S/c1-10-9-11(17)7-8-12(10)15-18-14-6-4-2-3-5-13(14)16(20)19-15/h7-9H,2-6H2,1H3,(H,18,19,20). The van der Waals surface area contributed by atoms with Gasteiger partial charge in [-0.15, -0.1) is 0 Å². The van der Waals surface area contributed by atoms with E-state index in [1.807, 2.05) is 6.07 Å². The first-order valence-corrected chi connectivity index (χ1v) is 8.24. The van der Waals surface area contributed by atoms with Gasteiger partial charge in [-0.05, 0) is 56.4 Å². The smallest absolute Gasteiger partial charge is 0.139 e. The Morgan fingerprint density at radius 1 is 1.20 bits per heavy atom. The molecule has 1 N–H and O–H groups in total. The van der Waals surface area contributed by atoms with Crippen LogP contribution in [0.3, 0.4) is 0 Å². The minimum atomic E-state index is 0.776. The maximum Gasteiger partial charge on any atom is 0.139 e. The molecule has 1 aromatic carbocycles. The summed E-state index contributed by atoms with van der Waals surface area (Å²) in [7, 11) is 0. The Hall–Kier alpha value is -1.00. The minimum Gasteiger partial charge on any atom is -0.343 e. The molecule has 1 heterocycles. The number of hydrogen-bond donors (Lipinski definition) is 1.